The monoisotopic (exact) mass is 448 g/mol. The summed E-state index contributed by atoms with van der Waals surface area (Å²) in [4.78, 5) is 38.2. The zero-order chi connectivity index (χ0) is 23.8. The molecule has 8 heteroatoms. The second-order valence-electron chi connectivity index (χ2n) is 8.55. The molecule has 1 N–H and O–H groups in total. The van der Waals surface area contributed by atoms with Crippen molar-refractivity contribution in [3.05, 3.63) is 71.3 Å². The molecule has 1 fully saturated rings. The molecule has 2 aromatic carbocycles. The molecule has 170 valence electrons. The van der Waals surface area contributed by atoms with Crippen LogP contribution in [0.25, 0.3) is 16.8 Å². The van der Waals surface area contributed by atoms with E-state index in [0.29, 0.717) is 11.3 Å². The van der Waals surface area contributed by atoms with Crippen LogP contribution in [0.2, 0.25) is 0 Å². The highest BCUT2D eigenvalue weighted by atomic mass is 16.5. The van der Waals surface area contributed by atoms with E-state index in [4.69, 9.17) is 9.15 Å². The number of hydrogen-bond acceptors (Lipinski definition) is 6. The number of furan rings is 1. The summed E-state index contributed by atoms with van der Waals surface area (Å²) in [6.45, 7) is 5.69. The van der Waals surface area contributed by atoms with Crippen molar-refractivity contribution in [2.24, 2.45) is 0 Å². The number of fused-ring (bicyclic) bond motifs is 1. The Kier molecular flexibility index (Phi) is 5.68. The summed E-state index contributed by atoms with van der Waals surface area (Å²) in [7, 11) is 1.24. The van der Waals surface area contributed by atoms with Crippen molar-refractivity contribution in [1.29, 1.82) is 0 Å². The van der Waals surface area contributed by atoms with Crippen LogP contribution in [0.5, 0.6) is 5.75 Å². The van der Waals surface area contributed by atoms with Crippen LogP contribution in [0.3, 0.4) is 0 Å². The molecule has 1 aromatic heterocycles. The Labute approximate surface area is 190 Å². The van der Waals surface area contributed by atoms with Crippen molar-refractivity contribution in [2.45, 2.75) is 32.9 Å². The second-order valence-corrected chi connectivity index (χ2v) is 8.55. The Morgan fingerprint density at radius 1 is 1.09 bits per heavy atom. The zero-order valence-electron chi connectivity index (χ0n) is 18.8. The Hall–Kier alpha value is -4.07. The van der Waals surface area contributed by atoms with Crippen LogP contribution in [0.15, 0.2) is 58.6 Å². The summed E-state index contributed by atoms with van der Waals surface area (Å²) in [6.07, 6.45) is 1.63. The van der Waals surface area contributed by atoms with Gasteiger partial charge in [-0.05, 0) is 55.8 Å². The van der Waals surface area contributed by atoms with E-state index in [2.05, 4.69) is 10.1 Å². The highest BCUT2D eigenvalue weighted by Crippen LogP contribution is 2.33. The number of nitrogens with zero attached hydrogens (tertiary/aromatic N) is 1. The molecule has 1 aliphatic rings. The average molecular weight is 448 g/mol. The van der Waals surface area contributed by atoms with Gasteiger partial charge < -0.3 is 19.2 Å². The number of rotatable bonds is 5. The Morgan fingerprint density at radius 3 is 2.58 bits per heavy atom. The minimum absolute atomic E-state index is 0.00459. The van der Waals surface area contributed by atoms with Gasteiger partial charge in [-0.2, -0.15) is 0 Å². The van der Waals surface area contributed by atoms with Gasteiger partial charge in [0.2, 0.25) is 5.76 Å². The van der Waals surface area contributed by atoms with Crippen molar-refractivity contribution < 1.29 is 28.3 Å². The van der Waals surface area contributed by atoms with E-state index >= 15 is 0 Å². The Balaban J connectivity index is 1.68. The van der Waals surface area contributed by atoms with E-state index in [1.165, 1.54) is 19.2 Å². The maximum absolute atomic E-state index is 13.1. The number of methoxy groups -OCH3 is 1. The SMILES string of the molecule is COC(=O)c1ccc(CN2C(=O)N/C(=C\c3c(OC(C)(C)C)ccc4ccccc34)C2=O)o1. The van der Waals surface area contributed by atoms with Gasteiger partial charge in [-0.1, -0.05) is 30.3 Å². The van der Waals surface area contributed by atoms with Gasteiger partial charge in [0.15, 0.2) is 0 Å². The van der Waals surface area contributed by atoms with Gasteiger partial charge in [0.05, 0.1) is 13.7 Å². The highest BCUT2D eigenvalue weighted by Gasteiger charge is 2.35. The van der Waals surface area contributed by atoms with Gasteiger partial charge in [-0.25, -0.2) is 9.59 Å². The van der Waals surface area contributed by atoms with Gasteiger partial charge >= 0.3 is 12.0 Å². The van der Waals surface area contributed by atoms with Crippen LogP contribution in [0, 0.1) is 0 Å². The van der Waals surface area contributed by atoms with Gasteiger partial charge in [-0.3, -0.25) is 9.69 Å². The second kappa shape index (κ2) is 8.46. The highest BCUT2D eigenvalue weighted by molar-refractivity contribution is 6.14. The number of imide groups is 1. The summed E-state index contributed by atoms with van der Waals surface area (Å²) in [6, 6.07) is 13.9. The number of carbonyl (C=O) groups is 3. The molecule has 0 saturated carbocycles. The van der Waals surface area contributed by atoms with Crippen LogP contribution < -0.4 is 10.1 Å². The van der Waals surface area contributed by atoms with Gasteiger partial charge in [-0.15, -0.1) is 0 Å². The predicted molar refractivity (Wildman–Crippen MR) is 121 cm³/mol. The predicted octanol–water partition coefficient (Wildman–Crippen LogP) is 4.49. The molecular weight excluding hydrogens is 424 g/mol. The van der Waals surface area contributed by atoms with Crippen molar-refractivity contribution in [2.75, 3.05) is 7.11 Å². The third-order valence-electron chi connectivity index (χ3n) is 4.96. The molecule has 0 radical (unpaired) electrons. The van der Waals surface area contributed by atoms with Crippen LogP contribution in [-0.4, -0.2) is 35.5 Å². The minimum Gasteiger partial charge on any atom is -0.488 e. The largest absolute Gasteiger partial charge is 0.488 e. The van der Waals surface area contributed by atoms with E-state index in [1.807, 2.05) is 57.2 Å². The van der Waals surface area contributed by atoms with Crippen LogP contribution in [0.1, 0.15) is 42.6 Å². The minimum atomic E-state index is -0.638. The third-order valence-corrected chi connectivity index (χ3v) is 4.96. The lowest BCUT2D eigenvalue weighted by molar-refractivity contribution is -0.123. The molecule has 2 heterocycles. The molecule has 0 aliphatic carbocycles. The first-order valence-corrected chi connectivity index (χ1v) is 10.4. The van der Waals surface area contributed by atoms with Crippen LogP contribution in [-0.2, 0) is 16.1 Å². The molecular formula is C25H24N2O6. The number of esters is 1. The molecule has 33 heavy (non-hydrogen) atoms. The van der Waals surface area contributed by atoms with Crippen molar-refractivity contribution in [1.82, 2.24) is 10.2 Å². The van der Waals surface area contributed by atoms with Gasteiger partial charge in [0, 0.05) is 5.56 Å². The number of benzene rings is 2. The summed E-state index contributed by atoms with van der Waals surface area (Å²) < 4.78 is 16.1. The molecule has 1 saturated heterocycles. The number of ether oxygens (including phenoxy) is 2. The first-order valence-electron chi connectivity index (χ1n) is 10.4. The normalized spacial score (nSPS) is 15.3. The molecule has 0 atom stereocenters. The van der Waals surface area contributed by atoms with E-state index in [0.717, 1.165) is 15.7 Å². The smallest absolute Gasteiger partial charge is 0.373 e. The fourth-order valence-corrected chi connectivity index (χ4v) is 3.53. The van der Waals surface area contributed by atoms with Crippen LogP contribution in [0.4, 0.5) is 4.79 Å². The average Bonchev–Trinajstić information content (AvgIpc) is 3.34. The van der Waals surface area contributed by atoms with Crippen molar-refractivity contribution in [3.63, 3.8) is 0 Å². The Bertz CT molecular complexity index is 1280. The topological polar surface area (TPSA) is 98.1 Å². The summed E-state index contributed by atoms with van der Waals surface area (Å²) in [5, 5.41) is 4.49. The number of carbonyl (C=O) groups excluding carboxylic acids is 3. The molecule has 0 spiro atoms. The molecule has 3 aromatic rings. The first-order chi connectivity index (χ1) is 15.7. The number of urea groups is 1. The zero-order valence-corrected chi connectivity index (χ0v) is 18.8. The standard InChI is InChI=1S/C25H24N2O6/c1-25(2,3)33-20-11-9-15-7-5-6-8-17(15)18(20)13-19-22(28)27(24(30)26-19)14-16-10-12-21(32-16)23(29)31-4/h5-13H,14H2,1-4H3,(H,26,30)/b19-13-. The lowest BCUT2D eigenvalue weighted by Gasteiger charge is -2.23. The first kappa shape index (κ1) is 22.1. The quantitative estimate of drug-likeness (QED) is 0.351. The van der Waals surface area contributed by atoms with E-state index in [-0.39, 0.29) is 23.8 Å². The summed E-state index contributed by atoms with van der Waals surface area (Å²) >= 11 is 0. The molecule has 0 unspecified atom stereocenters. The molecule has 4 rings (SSSR count). The van der Waals surface area contributed by atoms with E-state index in [9.17, 15) is 14.4 Å². The van der Waals surface area contributed by atoms with Crippen molar-refractivity contribution in [3.8, 4) is 5.75 Å². The number of nitrogens with one attached hydrogen (secondary N) is 1. The molecule has 0 bridgehead atoms. The fraction of sp³-hybridized carbons (Fsp3) is 0.240. The number of hydrogen-bond donors (Lipinski definition) is 1. The Morgan fingerprint density at radius 2 is 1.85 bits per heavy atom. The maximum Gasteiger partial charge on any atom is 0.373 e. The van der Waals surface area contributed by atoms with E-state index in [1.54, 1.807) is 6.08 Å². The van der Waals surface area contributed by atoms with Gasteiger partial charge in [0.25, 0.3) is 5.91 Å². The lowest BCUT2D eigenvalue weighted by Crippen LogP contribution is -2.30. The molecule has 3 amide bonds. The van der Waals surface area contributed by atoms with Crippen molar-refractivity contribution >= 4 is 34.8 Å². The van der Waals surface area contributed by atoms with Gasteiger partial charge in [0.1, 0.15) is 22.8 Å². The number of amides is 3. The summed E-state index contributed by atoms with van der Waals surface area (Å²) in [5.74, 6) is -0.271. The fourth-order valence-electron chi connectivity index (χ4n) is 3.53. The molecule has 8 nitrogen and oxygen atoms in total. The third kappa shape index (κ3) is 4.59. The maximum atomic E-state index is 13.1. The summed E-state index contributed by atoms with van der Waals surface area (Å²) in [5.41, 5.74) is 0.357. The van der Waals surface area contributed by atoms with E-state index < -0.39 is 23.5 Å². The molecule has 1 aliphatic heterocycles. The van der Waals surface area contributed by atoms with Crippen LogP contribution >= 0.6 is 0 Å². The lowest BCUT2D eigenvalue weighted by atomic mass is 10.0.